The Labute approximate surface area is 139 Å². The molecule has 124 valence electrons. The smallest absolute Gasteiger partial charge is 0.284 e. The Kier molecular flexibility index (Phi) is 4.41. The Morgan fingerprint density at radius 1 is 1.42 bits per heavy atom. The predicted molar refractivity (Wildman–Crippen MR) is 86.7 cm³/mol. The summed E-state index contributed by atoms with van der Waals surface area (Å²) >= 11 is 0. The van der Waals surface area contributed by atoms with Gasteiger partial charge in [-0.2, -0.15) is 0 Å². The summed E-state index contributed by atoms with van der Waals surface area (Å²) in [5.74, 6) is 4.83. The highest BCUT2D eigenvalue weighted by molar-refractivity contribution is 5.91. The molecule has 4 nitrogen and oxygen atoms in total. The molecule has 1 saturated carbocycles. The van der Waals surface area contributed by atoms with Crippen molar-refractivity contribution in [3.63, 3.8) is 0 Å². The third-order valence-corrected chi connectivity index (χ3v) is 4.35. The molecule has 0 unspecified atom stereocenters. The third-order valence-electron chi connectivity index (χ3n) is 4.35. The van der Waals surface area contributed by atoms with Gasteiger partial charge in [0.2, 0.25) is 0 Å². The lowest BCUT2D eigenvalue weighted by Crippen LogP contribution is -2.33. The standard InChI is InChI=1S/C19H18FNO3/c20-15-5-1-3-13(11-15)6-9-19(23)8-2-4-14(12-19)16-7-10-24-17(16)18(21)22/h1,3,5,7,10-11,14,23H,2,4,8,12H2,(H2,21,22)/t14-,19+/m0/s1. The number of hydrogen-bond donors (Lipinski definition) is 2. The number of furan rings is 1. The number of rotatable bonds is 2. The molecular formula is C19H18FNO3. The van der Waals surface area contributed by atoms with Crippen LogP contribution < -0.4 is 5.73 Å². The lowest BCUT2D eigenvalue weighted by atomic mass is 9.75. The van der Waals surface area contributed by atoms with Gasteiger partial charge in [0, 0.05) is 11.1 Å². The minimum atomic E-state index is -1.18. The van der Waals surface area contributed by atoms with Crippen molar-refractivity contribution < 1.29 is 18.7 Å². The number of hydrogen-bond acceptors (Lipinski definition) is 3. The Morgan fingerprint density at radius 3 is 3.00 bits per heavy atom. The Hall–Kier alpha value is -2.58. The highest BCUT2D eigenvalue weighted by Gasteiger charge is 2.35. The highest BCUT2D eigenvalue weighted by atomic mass is 19.1. The highest BCUT2D eigenvalue weighted by Crippen LogP contribution is 2.39. The minimum absolute atomic E-state index is 0.0493. The topological polar surface area (TPSA) is 76.5 Å². The summed E-state index contributed by atoms with van der Waals surface area (Å²) in [5.41, 5.74) is 5.38. The molecule has 0 spiro atoms. The number of nitrogens with two attached hydrogens (primary N) is 1. The minimum Gasteiger partial charge on any atom is -0.459 e. The molecule has 1 aliphatic rings. The van der Waals surface area contributed by atoms with E-state index in [1.54, 1.807) is 18.2 Å². The number of aliphatic hydroxyl groups is 1. The summed E-state index contributed by atoms with van der Waals surface area (Å²) in [6.07, 6.45) is 3.94. The van der Waals surface area contributed by atoms with E-state index in [9.17, 15) is 14.3 Å². The van der Waals surface area contributed by atoms with E-state index >= 15 is 0 Å². The van der Waals surface area contributed by atoms with E-state index in [2.05, 4.69) is 11.8 Å². The van der Waals surface area contributed by atoms with Crippen LogP contribution in [0.1, 0.15) is 53.3 Å². The molecule has 1 amide bonds. The molecule has 1 heterocycles. The summed E-state index contributed by atoms with van der Waals surface area (Å²) < 4.78 is 18.4. The van der Waals surface area contributed by atoms with Crippen LogP contribution in [0.15, 0.2) is 41.0 Å². The quantitative estimate of drug-likeness (QED) is 0.833. The number of carbonyl (C=O) groups is 1. The molecule has 0 saturated heterocycles. The molecule has 3 rings (SSSR count). The summed E-state index contributed by atoms with van der Waals surface area (Å²) in [4.78, 5) is 11.4. The maximum atomic E-state index is 13.2. The van der Waals surface area contributed by atoms with Gasteiger partial charge in [0.15, 0.2) is 5.76 Å². The molecular weight excluding hydrogens is 309 g/mol. The van der Waals surface area contributed by atoms with Gasteiger partial charge in [-0.25, -0.2) is 4.39 Å². The Bertz CT molecular complexity index is 817. The van der Waals surface area contributed by atoms with Crippen molar-refractivity contribution in [3.05, 3.63) is 59.3 Å². The SMILES string of the molecule is NC(=O)c1occc1[C@H]1CCC[C@@](O)(C#Cc2cccc(F)c2)C1. The molecule has 1 fully saturated rings. The summed E-state index contributed by atoms with van der Waals surface area (Å²) in [6, 6.07) is 7.67. The lowest BCUT2D eigenvalue weighted by Gasteiger charge is -2.33. The molecule has 2 aromatic rings. The van der Waals surface area contributed by atoms with Gasteiger partial charge < -0.3 is 15.3 Å². The normalized spacial score (nSPS) is 23.3. The van der Waals surface area contributed by atoms with E-state index in [1.165, 1.54) is 18.4 Å². The van der Waals surface area contributed by atoms with E-state index in [-0.39, 0.29) is 17.5 Å². The first kappa shape index (κ1) is 16.3. The van der Waals surface area contributed by atoms with Gasteiger partial charge >= 0.3 is 0 Å². The van der Waals surface area contributed by atoms with E-state index in [1.807, 2.05) is 0 Å². The second kappa shape index (κ2) is 6.50. The zero-order valence-corrected chi connectivity index (χ0v) is 13.1. The summed E-state index contributed by atoms with van der Waals surface area (Å²) in [7, 11) is 0. The molecule has 3 N–H and O–H groups in total. The number of halogens is 1. The van der Waals surface area contributed by atoms with Gasteiger partial charge in [0.05, 0.1) is 6.26 Å². The molecule has 0 radical (unpaired) electrons. The van der Waals surface area contributed by atoms with Crippen LogP contribution in [0, 0.1) is 17.7 Å². The predicted octanol–water partition coefficient (Wildman–Crippen LogP) is 2.96. The van der Waals surface area contributed by atoms with E-state index in [4.69, 9.17) is 10.2 Å². The first-order valence-corrected chi connectivity index (χ1v) is 7.85. The van der Waals surface area contributed by atoms with Crippen LogP contribution in [0.3, 0.4) is 0 Å². The van der Waals surface area contributed by atoms with Gasteiger partial charge in [-0.3, -0.25) is 4.79 Å². The van der Waals surface area contributed by atoms with Crippen molar-refractivity contribution in [2.75, 3.05) is 0 Å². The maximum Gasteiger partial charge on any atom is 0.284 e. The molecule has 0 bridgehead atoms. The monoisotopic (exact) mass is 327 g/mol. The van der Waals surface area contributed by atoms with Crippen molar-refractivity contribution in [3.8, 4) is 11.8 Å². The molecule has 1 aromatic carbocycles. The van der Waals surface area contributed by atoms with Crippen LogP contribution in [-0.2, 0) is 0 Å². The van der Waals surface area contributed by atoms with Crippen molar-refractivity contribution in [2.45, 2.75) is 37.2 Å². The van der Waals surface area contributed by atoms with Crippen LogP contribution in [0.5, 0.6) is 0 Å². The van der Waals surface area contributed by atoms with Crippen molar-refractivity contribution in [2.24, 2.45) is 5.73 Å². The molecule has 5 heteroatoms. The molecule has 1 aliphatic carbocycles. The summed E-state index contributed by atoms with van der Waals surface area (Å²) in [6.45, 7) is 0. The van der Waals surface area contributed by atoms with Gasteiger partial charge in [-0.15, -0.1) is 0 Å². The zero-order chi connectivity index (χ0) is 17.2. The number of amides is 1. The zero-order valence-electron chi connectivity index (χ0n) is 13.1. The first-order chi connectivity index (χ1) is 11.5. The van der Waals surface area contributed by atoms with Crippen LogP contribution in [-0.4, -0.2) is 16.6 Å². The number of primary amides is 1. The fourth-order valence-corrected chi connectivity index (χ4v) is 3.23. The van der Waals surface area contributed by atoms with E-state index in [0.717, 1.165) is 12.8 Å². The molecule has 2 atom stereocenters. The van der Waals surface area contributed by atoms with Crippen LogP contribution in [0.4, 0.5) is 4.39 Å². The average molecular weight is 327 g/mol. The molecule has 1 aromatic heterocycles. The molecule has 0 aliphatic heterocycles. The summed E-state index contributed by atoms with van der Waals surface area (Å²) in [5, 5.41) is 10.8. The molecule has 24 heavy (non-hydrogen) atoms. The van der Waals surface area contributed by atoms with E-state index < -0.39 is 11.5 Å². The average Bonchev–Trinajstić information content (AvgIpc) is 3.03. The fraction of sp³-hybridized carbons (Fsp3) is 0.316. The fourth-order valence-electron chi connectivity index (χ4n) is 3.23. The van der Waals surface area contributed by atoms with Gasteiger partial charge in [-0.1, -0.05) is 17.9 Å². The van der Waals surface area contributed by atoms with E-state index in [0.29, 0.717) is 24.0 Å². The second-order valence-corrected chi connectivity index (χ2v) is 6.15. The largest absolute Gasteiger partial charge is 0.459 e. The van der Waals surface area contributed by atoms with Crippen LogP contribution in [0.2, 0.25) is 0 Å². The van der Waals surface area contributed by atoms with Crippen LogP contribution in [0.25, 0.3) is 0 Å². The third kappa shape index (κ3) is 3.50. The Morgan fingerprint density at radius 2 is 2.25 bits per heavy atom. The van der Waals surface area contributed by atoms with Crippen molar-refractivity contribution in [1.82, 2.24) is 0 Å². The second-order valence-electron chi connectivity index (χ2n) is 6.15. The van der Waals surface area contributed by atoms with Crippen LogP contribution >= 0.6 is 0 Å². The Balaban J connectivity index is 1.82. The van der Waals surface area contributed by atoms with Gasteiger partial charge in [0.1, 0.15) is 11.4 Å². The number of benzene rings is 1. The van der Waals surface area contributed by atoms with Crippen molar-refractivity contribution in [1.29, 1.82) is 0 Å². The first-order valence-electron chi connectivity index (χ1n) is 7.85. The number of carbonyl (C=O) groups excluding carboxylic acids is 1. The maximum absolute atomic E-state index is 13.2. The lowest BCUT2D eigenvalue weighted by molar-refractivity contribution is 0.0516. The van der Waals surface area contributed by atoms with Gasteiger partial charge in [-0.05, 0) is 55.9 Å². The van der Waals surface area contributed by atoms with Crippen molar-refractivity contribution >= 4 is 5.91 Å². The van der Waals surface area contributed by atoms with Gasteiger partial charge in [0.25, 0.3) is 5.91 Å².